The van der Waals surface area contributed by atoms with Gasteiger partial charge in [0.1, 0.15) is 5.82 Å². The summed E-state index contributed by atoms with van der Waals surface area (Å²) in [6.45, 7) is 5.18. The van der Waals surface area contributed by atoms with Crippen molar-refractivity contribution in [3.8, 4) is 0 Å². The monoisotopic (exact) mass is 400 g/mol. The summed E-state index contributed by atoms with van der Waals surface area (Å²) in [5.41, 5.74) is 1.78. The highest BCUT2D eigenvalue weighted by atomic mass is 19.1. The Kier molecular flexibility index (Phi) is 6.43. The minimum absolute atomic E-state index is 0.00181. The molecule has 0 saturated carbocycles. The number of nitro groups is 1. The van der Waals surface area contributed by atoms with Crippen LogP contribution in [0, 0.1) is 15.9 Å². The molecule has 1 fully saturated rings. The standard InChI is InChI=1S/C21H25FN4O3/c1-16(21(27)23(2)15-17-4-3-5-18(22)14-17)24-10-12-25(13-11-24)19-6-8-20(9-7-19)26(28)29/h3-9,14,16H,10-13,15H2,1-2H3/t16-/m0/s1. The zero-order valence-electron chi connectivity index (χ0n) is 16.6. The van der Waals surface area contributed by atoms with Crippen LogP contribution in [0.3, 0.4) is 0 Å². The van der Waals surface area contributed by atoms with Gasteiger partial charge in [0.15, 0.2) is 0 Å². The average Bonchev–Trinajstić information content (AvgIpc) is 2.73. The molecule has 0 N–H and O–H groups in total. The molecule has 0 radical (unpaired) electrons. The Morgan fingerprint density at radius 3 is 2.41 bits per heavy atom. The fourth-order valence-electron chi connectivity index (χ4n) is 3.61. The third-order valence-electron chi connectivity index (χ3n) is 5.33. The van der Waals surface area contributed by atoms with E-state index in [1.165, 1.54) is 24.3 Å². The number of amides is 1. The molecule has 3 rings (SSSR count). The first-order chi connectivity index (χ1) is 13.8. The number of nitro benzene ring substituents is 1. The first kappa shape index (κ1) is 20.7. The number of hydrogen-bond acceptors (Lipinski definition) is 5. The van der Waals surface area contributed by atoms with Gasteiger partial charge in [-0.05, 0) is 36.8 Å². The van der Waals surface area contributed by atoms with Gasteiger partial charge in [-0.1, -0.05) is 12.1 Å². The number of benzene rings is 2. The van der Waals surface area contributed by atoms with Gasteiger partial charge in [0, 0.05) is 57.6 Å². The van der Waals surface area contributed by atoms with Crippen molar-refractivity contribution in [2.45, 2.75) is 19.5 Å². The maximum Gasteiger partial charge on any atom is 0.269 e. The topological polar surface area (TPSA) is 69.9 Å². The van der Waals surface area contributed by atoms with Crippen molar-refractivity contribution in [3.05, 3.63) is 70.0 Å². The Bertz CT molecular complexity index is 866. The van der Waals surface area contributed by atoms with Gasteiger partial charge in [-0.15, -0.1) is 0 Å². The SMILES string of the molecule is C[C@@H](C(=O)N(C)Cc1cccc(F)c1)N1CCN(c2ccc([N+](=O)[O-])cc2)CC1. The van der Waals surface area contributed by atoms with E-state index in [0.717, 1.165) is 37.4 Å². The Hall–Kier alpha value is -3.00. The molecule has 0 unspecified atom stereocenters. The highest BCUT2D eigenvalue weighted by molar-refractivity contribution is 5.81. The molecule has 8 heteroatoms. The summed E-state index contributed by atoms with van der Waals surface area (Å²) in [7, 11) is 1.73. The summed E-state index contributed by atoms with van der Waals surface area (Å²) in [6.07, 6.45) is 0. The summed E-state index contributed by atoms with van der Waals surface area (Å²) < 4.78 is 13.4. The van der Waals surface area contributed by atoms with E-state index in [1.807, 2.05) is 6.92 Å². The quantitative estimate of drug-likeness (QED) is 0.551. The lowest BCUT2D eigenvalue weighted by molar-refractivity contribution is -0.384. The minimum atomic E-state index is -0.407. The Balaban J connectivity index is 1.54. The molecule has 154 valence electrons. The van der Waals surface area contributed by atoms with Crippen molar-refractivity contribution >= 4 is 17.3 Å². The van der Waals surface area contributed by atoms with E-state index in [2.05, 4.69) is 9.80 Å². The number of piperazine rings is 1. The van der Waals surface area contributed by atoms with Gasteiger partial charge >= 0.3 is 0 Å². The normalized spacial score (nSPS) is 15.8. The van der Waals surface area contributed by atoms with Crippen molar-refractivity contribution in [2.75, 3.05) is 38.1 Å². The smallest absolute Gasteiger partial charge is 0.269 e. The molecule has 0 spiro atoms. The molecule has 1 amide bonds. The van der Waals surface area contributed by atoms with E-state index < -0.39 is 4.92 Å². The fourth-order valence-corrected chi connectivity index (χ4v) is 3.61. The molecule has 2 aromatic rings. The Morgan fingerprint density at radius 2 is 1.83 bits per heavy atom. The van der Waals surface area contributed by atoms with Crippen LogP contribution >= 0.6 is 0 Å². The number of carbonyl (C=O) groups excluding carboxylic acids is 1. The zero-order valence-corrected chi connectivity index (χ0v) is 16.6. The van der Waals surface area contributed by atoms with E-state index >= 15 is 0 Å². The van der Waals surface area contributed by atoms with Crippen molar-refractivity contribution in [2.24, 2.45) is 0 Å². The summed E-state index contributed by atoms with van der Waals surface area (Å²) in [5, 5.41) is 10.8. The van der Waals surface area contributed by atoms with Gasteiger partial charge in [-0.3, -0.25) is 19.8 Å². The zero-order chi connectivity index (χ0) is 21.0. The average molecular weight is 400 g/mol. The molecule has 29 heavy (non-hydrogen) atoms. The number of rotatable bonds is 6. The second kappa shape index (κ2) is 9.00. The van der Waals surface area contributed by atoms with Crippen LogP contribution in [0.4, 0.5) is 15.8 Å². The first-order valence-corrected chi connectivity index (χ1v) is 9.58. The van der Waals surface area contributed by atoms with Gasteiger partial charge in [-0.25, -0.2) is 4.39 Å². The largest absolute Gasteiger partial charge is 0.369 e. The van der Waals surface area contributed by atoms with Crippen molar-refractivity contribution in [1.29, 1.82) is 0 Å². The molecule has 1 aliphatic rings. The lowest BCUT2D eigenvalue weighted by atomic mass is 10.1. The Morgan fingerprint density at radius 1 is 1.17 bits per heavy atom. The third-order valence-corrected chi connectivity index (χ3v) is 5.33. The van der Waals surface area contributed by atoms with Gasteiger partial charge in [0.05, 0.1) is 11.0 Å². The molecule has 2 aromatic carbocycles. The molecule has 0 aromatic heterocycles. The van der Waals surface area contributed by atoms with Crippen molar-refractivity contribution in [1.82, 2.24) is 9.80 Å². The number of hydrogen-bond donors (Lipinski definition) is 0. The number of non-ortho nitro benzene ring substituents is 1. The Labute approximate surface area is 169 Å². The molecule has 1 atom stereocenters. The van der Waals surface area contributed by atoms with Crippen LogP contribution in [0.1, 0.15) is 12.5 Å². The van der Waals surface area contributed by atoms with Gasteiger partial charge < -0.3 is 9.80 Å². The van der Waals surface area contributed by atoms with Crippen LogP contribution in [0.25, 0.3) is 0 Å². The predicted octanol–water partition coefficient (Wildman–Crippen LogP) is 2.90. The minimum Gasteiger partial charge on any atom is -0.369 e. The number of likely N-dealkylation sites (N-methyl/N-ethyl adjacent to an activating group) is 1. The molecule has 1 aliphatic heterocycles. The molecular formula is C21H25FN4O3. The third kappa shape index (κ3) is 5.08. The highest BCUT2D eigenvalue weighted by Gasteiger charge is 2.27. The highest BCUT2D eigenvalue weighted by Crippen LogP contribution is 2.21. The summed E-state index contributed by atoms with van der Waals surface area (Å²) in [4.78, 5) is 29.1. The van der Waals surface area contributed by atoms with Crippen LogP contribution in [0.5, 0.6) is 0 Å². The summed E-state index contributed by atoms with van der Waals surface area (Å²) in [6, 6.07) is 12.5. The van der Waals surface area contributed by atoms with Crippen LogP contribution in [-0.2, 0) is 11.3 Å². The van der Waals surface area contributed by atoms with Gasteiger partial charge in [-0.2, -0.15) is 0 Å². The van der Waals surface area contributed by atoms with E-state index in [0.29, 0.717) is 6.54 Å². The number of nitrogens with zero attached hydrogens (tertiary/aromatic N) is 4. The predicted molar refractivity (Wildman–Crippen MR) is 109 cm³/mol. The summed E-state index contributed by atoms with van der Waals surface area (Å²) in [5.74, 6) is -0.309. The molecule has 1 heterocycles. The fraction of sp³-hybridized carbons (Fsp3) is 0.381. The van der Waals surface area contributed by atoms with Gasteiger partial charge in [0.2, 0.25) is 5.91 Å². The van der Waals surface area contributed by atoms with Crippen LogP contribution < -0.4 is 4.90 Å². The van der Waals surface area contributed by atoms with Crippen LogP contribution in [-0.4, -0.2) is 59.9 Å². The first-order valence-electron chi connectivity index (χ1n) is 9.58. The van der Waals surface area contributed by atoms with Crippen molar-refractivity contribution in [3.63, 3.8) is 0 Å². The maximum absolute atomic E-state index is 13.4. The number of anilines is 1. The lowest BCUT2D eigenvalue weighted by Gasteiger charge is -2.39. The van der Waals surface area contributed by atoms with Crippen LogP contribution in [0.2, 0.25) is 0 Å². The molecule has 7 nitrogen and oxygen atoms in total. The second-order valence-corrected chi connectivity index (χ2v) is 7.30. The van der Waals surface area contributed by atoms with E-state index in [1.54, 1.807) is 36.2 Å². The lowest BCUT2D eigenvalue weighted by Crippen LogP contribution is -2.54. The maximum atomic E-state index is 13.4. The molecular weight excluding hydrogens is 375 g/mol. The summed E-state index contributed by atoms with van der Waals surface area (Å²) >= 11 is 0. The van der Waals surface area contributed by atoms with Gasteiger partial charge in [0.25, 0.3) is 5.69 Å². The number of carbonyl (C=O) groups is 1. The second-order valence-electron chi connectivity index (χ2n) is 7.30. The van der Waals surface area contributed by atoms with E-state index in [9.17, 15) is 19.3 Å². The molecule has 0 bridgehead atoms. The van der Waals surface area contributed by atoms with E-state index in [-0.39, 0.29) is 23.5 Å². The molecule has 1 saturated heterocycles. The molecule has 0 aliphatic carbocycles. The number of halogens is 1. The van der Waals surface area contributed by atoms with E-state index in [4.69, 9.17) is 0 Å². The van der Waals surface area contributed by atoms with Crippen molar-refractivity contribution < 1.29 is 14.1 Å². The van der Waals surface area contributed by atoms with Crippen LogP contribution in [0.15, 0.2) is 48.5 Å².